The lowest BCUT2D eigenvalue weighted by Crippen LogP contribution is -2.40. The molecule has 6 nitrogen and oxygen atoms in total. The molecule has 6 rings (SSSR count). The molecule has 3 amide bonds. The van der Waals surface area contributed by atoms with Gasteiger partial charge < -0.3 is 10.1 Å². The Morgan fingerprint density at radius 2 is 1.67 bits per heavy atom. The third kappa shape index (κ3) is 2.50. The highest BCUT2D eigenvalue weighted by atomic mass is 16.5. The van der Waals surface area contributed by atoms with Crippen molar-refractivity contribution in [2.75, 3.05) is 18.5 Å². The largest absolute Gasteiger partial charge is 0.494 e. The fourth-order valence-electron chi connectivity index (χ4n) is 5.32. The zero-order valence-corrected chi connectivity index (χ0v) is 15.1. The molecular formula is C21H22N2O4. The molecule has 2 saturated carbocycles. The lowest BCUT2D eigenvalue weighted by atomic mass is 9.63. The second-order valence-corrected chi connectivity index (χ2v) is 7.92. The fraction of sp³-hybridized carbons (Fsp3) is 0.476. The summed E-state index contributed by atoms with van der Waals surface area (Å²) in [4.78, 5) is 39.4. The van der Waals surface area contributed by atoms with Crippen molar-refractivity contribution in [2.24, 2.45) is 35.5 Å². The van der Waals surface area contributed by atoms with E-state index in [1.165, 1.54) is 4.90 Å². The topological polar surface area (TPSA) is 75.7 Å². The number of amides is 3. The lowest BCUT2D eigenvalue weighted by molar-refractivity contribution is -0.142. The maximum Gasteiger partial charge on any atom is 0.244 e. The quantitative estimate of drug-likeness (QED) is 0.639. The molecule has 0 spiro atoms. The van der Waals surface area contributed by atoms with E-state index < -0.39 is 0 Å². The number of carbonyl (C=O) groups is 3. The molecule has 1 N–H and O–H groups in total. The molecule has 2 bridgehead atoms. The van der Waals surface area contributed by atoms with Crippen LogP contribution in [-0.4, -0.2) is 35.8 Å². The number of imide groups is 1. The van der Waals surface area contributed by atoms with Gasteiger partial charge in [-0.25, -0.2) is 0 Å². The number of hydrogen-bond donors (Lipinski definition) is 1. The Labute approximate surface area is 157 Å². The maximum absolute atomic E-state index is 12.9. The van der Waals surface area contributed by atoms with Gasteiger partial charge in [-0.15, -0.1) is 0 Å². The minimum Gasteiger partial charge on any atom is -0.494 e. The average molecular weight is 366 g/mol. The zero-order chi connectivity index (χ0) is 18.7. The van der Waals surface area contributed by atoms with E-state index in [0.29, 0.717) is 24.1 Å². The predicted octanol–water partition coefficient (Wildman–Crippen LogP) is 2.08. The highest BCUT2D eigenvalue weighted by Crippen LogP contribution is 2.65. The van der Waals surface area contributed by atoms with Crippen molar-refractivity contribution in [3.05, 3.63) is 36.4 Å². The lowest BCUT2D eigenvalue weighted by Gasteiger charge is -2.37. The van der Waals surface area contributed by atoms with Crippen LogP contribution in [0.1, 0.15) is 13.3 Å². The number of likely N-dealkylation sites (tertiary alicyclic amines) is 1. The van der Waals surface area contributed by atoms with Gasteiger partial charge in [-0.05, 0) is 61.3 Å². The smallest absolute Gasteiger partial charge is 0.244 e. The van der Waals surface area contributed by atoms with Gasteiger partial charge in [-0.3, -0.25) is 19.3 Å². The Kier molecular flexibility index (Phi) is 3.64. The number of nitrogens with one attached hydrogen (secondary N) is 1. The number of carbonyl (C=O) groups excluding carboxylic acids is 3. The second-order valence-electron chi connectivity index (χ2n) is 7.92. The van der Waals surface area contributed by atoms with Gasteiger partial charge >= 0.3 is 0 Å². The Hall–Kier alpha value is -2.63. The molecule has 5 aliphatic rings. The predicted molar refractivity (Wildman–Crippen MR) is 97.7 cm³/mol. The molecule has 3 fully saturated rings. The number of benzene rings is 1. The Bertz CT molecular complexity index is 810. The minimum atomic E-state index is -0.357. The molecule has 0 aromatic heterocycles. The number of hydrogen-bond acceptors (Lipinski definition) is 4. The SMILES string of the molecule is CCOc1ccc(NC(=O)CN2C(=O)[C@@H]3[C@H]4C=C[C@H]([C@H]5C[C@H]45)[C@@H]3C2=O)cc1. The molecule has 27 heavy (non-hydrogen) atoms. The van der Waals surface area contributed by atoms with E-state index in [1.807, 2.05) is 6.92 Å². The van der Waals surface area contributed by atoms with Crippen LogP contribution in [0.5, 0.6) is 5.75 Å². The van der Waals surface area contributed by atoms with E-state index in [2.05, 4.69) is 17.5 Å². The molecule has 140 valence electrons. The first-order valence-electron chi connectivity index (χ1n) is 9.64. The highest BCUT2D eigenvalue weighted by molar-refractivity contribution is 6.09. The van der Waals surface area contributed by atoms with E-state index in [1.54, 1.807) is 24.3 Å². The van der Waals surface area contributed by atoms with E-state index in [-0.39, 0.29) is 47.9 Å². The summed E-state index contributed by atoms with van der Waals surface area (Å²) >= 11 is 0. The standard InChI is InChI=1S/C21H22N2O4/c1-2-27-12-5-3-11(4-6-12)22-17(24)10-23-20(25)18-13-7-8-14(16-9-15(13)16)19(18)21(23)26/h3-8,13-16,18-19H,2,9-10H2,1H3,(H,22,24)/t13-,14+,15-,16-,18+,19-/m1/s1. The molecule has 1 heterocycles. The first kappa shape index (κ1) is 16.5. The van der Waals surface area contributed by atoms with Crippen LogP contribution in [0.2, 0.25) is 0 Å². The van der Waals surface area contributed by atoms with Crippen LogP contribution < -0.4 is 10.1 Å². The summed E-state index contributed by atoms with van der Waals surface area (Å²) in [5.41, 5.74) is 0.614. The summed E-state index contributed by atoms with van der Waals surface area (Å²) in [6.45, 7) is 2.26. The molecule has 6 heteroatoms. The van der Waals surface area contributed by atoms with Crippen molar-refractivity contribution in [2.45, 2.75) is 13.3 Å². The van der Waals surface area contributed by atoms with Gasteiger partial charge in [-0.2, -0.15) is 0 Å². The normalized spacial score (nSPS) is 35.1. The van der Waals surface area contributed by atoms with Crippen LogP contribution in [0, 0.1) is 35.5 Å². The zero-order valence-electron chi connectivity index (χ0n) is 15.1. The molecular weight excluding hydrogens is 344 g/mol. The number of allylic oxidation sites excluding steroid dienone is 2. The average Bonchev–Trinajstić information content (AvgIpc) is 3.45. The maximum atomic E-state index is 12.9. The van der Waals surface area contributed by atoms with Gasteiger partial charge in [0.2, 0.25) is 17.7 Å². The van der Waals surface area contributed by atoms with Gasteiger partial charge in [0.25, 0.3) is 0 Å². The van der Waals surface area contributed by atoms with Gasteiger partial charge in [0, 0.05) is 5.69 Å². The Balaban J connectivity index is 1.27. The number of anilines is 1. The summed E-state index contributed by atoms with van der Waals surface area (Å²) in [6, 6.07) is 7.03. The highest BCUT2D eigenvalue weighted by Gasteiger charge is 2.67. The van der Waals surface area contributed by atoms with Crippen LogP contribution in [0.3, 0.4) is 0 Å². The van der Waals surface area contributed by atoms with Gasteiger partial charge in [0.15, 0.2) is 0 Å². The molecule has 0 radical (unpaired) electrons. The van der Waals surface area contributed by atoms with E-state index in [4.69, 9.17) is 4.74 Å². The molecule has 1 aliphatic heterocycles. The summed E-state index contributed by atoms with van der Waals surface area (Å²) in [5, 5.41) is 2.76. The molecule has 4 aliphatic carbocycles. The number of ether oxygens (including phenoxy) is 1. The van der Waals surface area contributed by atoms with E-state index in [0.717, 1.165) is 12.2 Å². The monoisotopic (exact) mass is 366 g/mol. The van der Waals surface area contributed by atoms with E-state index >= 15 is 0 Å². The van der Waals surface area contributed by atoms with Crippen molar-refractivity contribution < 1.29 is 19.1 Å². The molecule has 0 unspecified atom stereocenters. The van der Waals surface area contributed by atoms with Crippen LogP contribution >= 0.6 is 0 Å². The third-order valence-electron chi connectivity index (χ3n) is 6.50. The summed E-state index contributed by atoms with van der Waals surface area (Å²) in [7, 11) is 0. The van der Waals surface area contributed by atoms with Crippen LogP contribution in [-0.2, 0) is 14.4 Å². The number of rotatable bonds is 5. The summed E-state index contributed by atoms with van der Waals surface area (Å²) in [5.74, 6) is 1.01. The Morgan fingerprint density at radius 1 is 1.07 bits per heavy atom. The van der Waals surface area contributed by atoms with Gasteiger partial charge in [-0.1, -0.05) is 12.2 Å². The summed E-state index contributed by atoms with van der Waals surface area (Å²) < 4.78 is 5.38. The van der Waals surface area contributed by atoms with E-state index in [9.17, 15) is 14.4 Å². The third-order valence-corrected chi connectivity index (χ3v) is 6.50. The van der Waals surface area contributed by atoms with Crippen molar-refractivity contribution in [1.29, 1.82) is 0 Å². The Morgan fingerprint density at radius 3 is 2.22 bits per heavy atom. The molecule has 6 atom stereocenters. The van der Waals surface area contributed by atoms with Crippen molar-refractivity contribution in [1.82, 2.24) is 4.90 Å². The fourth-order valence-corrected chi connectivity index (χ4v) is 5.32. The van der Waals surface area contributed by atoms with Crippen molar-refractivity contribution >= 4 is 23.4 Å². The summed E-state index contributed by atoms with van der Waals surface area (Å²) in [6.07, 6.45) is 5.40. The molecule has 1 aromatic rings. The minimum absolute atomic E-state index is 0.170. The first-order valence-corrected chi connectivity index (χ1v) is 9.64. The first-order chi connectivity index (χ1) is 13.1. The number of nitrogens with zero attached hydrogens (tertiary/aromatic N) is 1. The van der Waals surface area contributed by atoms with Crippen LogP contribution in [0.15, 0.2) is 36.4 Å². The molecule has 1 aromatic carbocycles. The second kappa shape index (κ2) is 5.94. The van der Waals surface area contributed by atoms with Gasteiger partial charge in [0.1, 0.15) is 12.3 Å². The molecule has 1 saturated heterocycles. The van der Waals surface area contributed by atoms with Crippen LogP contribution in [0.4, 0.5) is 5.69 Å². The van der Waals surface area contributed by atoms with Gasteiger partial charge in [0.05, 0.1) is 18.4 Å². The van der Waals surface area contributed by atoms with Crippen molar-refractivity contribution in [3.63, 3.8) is 0 Å². The van der Waals surface area contributed by atoms with Crippen molar-refractivity contribution in [3.8, 4) is 5.75 Å². The van der Waals surface area contributed by atoms with Crippen LogP contribution in [0.25, 0.3) is 0 Å².